The van der Waals surface area contributed by atoms with Crippen molar-refractivity contribution in [2.75, 3.05) is 0 Å². The molecular weight excluding hydrogens is 267 g/mol. The smallest absolute Gasteiger partial charge is 0.512 e. The van der Waals surface area contributed by atoms with E-state index >= 15 is 0 Å². The topological polar surface area (TPSA) is 62.8 Å². The first-order valence-electron chi connectivity index (χ1n) is 6.58. The van der Waals surface area contributed by atoms with Gasteiger partial charge in [0.2, 0.25) is 0 Å². The molecule has 0 atom stereocenters. The number of hydrogen-bond donors (Lipinski definition) is 2. The predicted molar refractivity (Wildman–Crippen MR) is 82.0 cm³/mol. The van der Waals surface area contributed by atoms with E-state index in [1.165, 1.54) is 0 Å². The third-order valence-electron chi connectivity index (χ3n) is 3.55. The second-order valence-corrected chi connectivity index (χ2v) is 4.90. The lowest BCUT2D eigenvalue weighted by atomic mass is 10.1. The van der Waals surface area contributed by atoms with Crippen molar-refractivity contribution in [2.45, 2.75) is 0 Å². The Kier molecular flexibility index (Phi) is 2.64. The maximum Gasteiger partial charge on any atom is 0.707 e. The first-order chi connectivity index (χ1) is 10.2. The Morgan fingerprint density at radius 1 is 0.810 bits per heavy atom. The number of fused-ring (bicyclic) bond motifs is 4. The highest BCUT2D eigenvalue weighted by Crippen LogP contribution is 2.33. The Morgan fingerprint density at radius 3 is 2.29 bits per heavy atom. The molecule has 5 heteroatoms. The van der Waals surface area contributed by atoms with E-state index in [1.807, 2.05) is 30.3 Å². The zero-order chi connectivity index (χ0) is 14.4. The van der Waals surface area contributed by atoms with Crippen LogP contribution in [0.3, 0.4) is 0 Å². The summed E-state index contributed by atoms with van der Waals surface area (Å²) in [7, 11) is -1.84. The molecule has 4 rings (SSSR count). The highest BCUT2D eigenvalue weighted by molar-refractivity contribution is 6.33. The zero-order valence-electron chi connectivity index (χ0n) is 11.0. The Hall–Kier alpha value is -2.50. The Morgan fingerprint density at radius 2 is 1.52 bits per heavy atom. The van der Waals surface area contributed by atoms with Crippen LogP contribution in [0.25, 0.3) is 32.7 Å². The third kappa shape index (κ3) is 2.03. The molecule has 0 bridgehead atoms. The van der Waals surface area contributed by atoms with E-state index in [4.69, 9.17) is 19.1 Å². The van der Waals surface area contributed by atoms with Crippen molar-refractivity contribution < 1.29 is 19.1 Å². The summed E-state index contributed by atoms with van der Waals surface area (Å²) in [5.74, 6) is 0.348. The lowest BCUT2D eigenvalue weighted by molar-refractivity contribution is 0.288. The van der Waals surface area contributed by atoms with Crippen LogP contribution < -0.4 is 4.65 Å². The summed E-state index contributed by atoms with van der Waals surface area (Å²) in [5, 5.41) is 22.0. The van der Waals surface area contributed by atoms with Crippen molar-refractivity contribution in [1.82, 2.24) is 0 Å². The van der Waals surface area contributed by atoms with Crippen LogP contribution in [0.1, 0.15) is 0 Å². The molecule has 0 unspecified atom stereocenters. The van der Waals surface area contributed by atoms with Crippen molar-refractivity contribution >= 4 is 40.0 Å². The normalized spacial score (nSPS) is 11.3. The monoisotopic (exact) mass is 278 g/mol. The van der Waals surface area contributed by atoms with Gasteiger partial charge >= 0.3 is 7.32 Å². The fourth-order valence-corrected chi connectivity index (χ4v) is 2.64. The minimum atomic E-state index is -1.84. The quantitative estimate of drug-likeness (QED) is 0.553. The summed E-state index contributed by atoms with van der Waals surface area (Å²) in [6.07, 6.45) is 0. The summed E-state index contributed by atoms with van der Waals surface area (Å²) >= 11 is 0. The SMILES string of the molecule is OB(O)Oc1ccc2c(c1)oc1cc3ccccc3cc12. The summed E-state index contributed by atoms with van der Waals surface area (Å²) in [6.45, 7) is 0. The second kappa shape index (κ2) is 4.51. The van der Waals surface area contributed by atoms with Crippen molar-refractivity contribution in [1.29, 1.82) is 0 Å². The lowest BCUT2D eigenvalue weighted by Gasteiger charge is -2.03. The molecule has 1 heterocycles. The molecule has 3 aromatic carbocycles. The van der Waals surface area contributed by atoms with Gasteiger partial charge in [-0.2, -0.15) is 0 Å². The molecule has 0 spiro atoms. The lowest BCUT2D eigenvalue weighted by Crippen LogP contribution is -2.20. The van der Waals surface area contributed by atoms with Crippen molar-refractivity contribution in [3.05, 3.63) is 54.6 Å². The molecule has 0 amide bonds. The molecular formula is C16H11BO4. The molecule has 0 saturated heterocycles. The molecule has 4 nitrogen and oxygen atoms in total. The molecule has 0 saturated carbocycles. The van der Waals surface area contributed by atoms with Gasteiger partial charge in [-0.1, -0.05) is 24.3 Å². The average Bonchev–Trinajstić information content (AvgIpc) is 2.80. The van der Waals surface area contributed by atoms with Gasteiger partial charge in [0.05, 0.1) is 0 Å². The molecule has 0 aliphatic carbocycles. The van der Waals surface area contributed by atoms with Gasteiger partial charge in [-0.05, 0) is 35.0 Å². The van der Waals surface area contributed by atoms with Crippen LogP contribution >= 0.6 is 0 Å². The van der Waals surface area contributed by atoms with Gasteiger partial charge in [-0.3, -0.25) is 0 Å². The van der Waals surface area contributed by atoms with E-state index in [9.17, 15) is 0 Å². The van der Waals surface area contributed by atoms with Crippen LogP contribution in [0.2, 0.25) is 0 Å². The summed E-state index contributed by atoms with van der Waals surface area (Å²) < 4.78 is 10.7. The Bertz CT molecular complexity index is 958. The molecule has 102 valence electrons. The second-order valence-electron chi connectivity index (χ2n) is 4.90. The minimum Gasteiger partial charge on any atom is -0.512 e. The van der Waals surface area contributed by atoms with Crippen molar-refractivity contribution in [3.8, 4) is 5.75 Å². The Balaban J connectivity index is 1.98. The van der Waals surface area contributed by atoms with Crippen molar-refractivity contribution in [2.24, 2.45) is 0 Å². The summed E-state index contributed by atoms with van der Waals surface area (Å²) in [6, 6.07) is 17.4. The maximum atomic E-state index is 8.85. The fourth-order valence-electron chi connectivity index (χ4n) is 2.64. The fraction of sp³-hybridized carbons (Fsp3) is 0. The molecule has 0 fully saturated rings. The van der Waals surface area contributed by atoms with Gasteiger partial charge < -0.3 is 19.1 Å². The van der Waals surface area contributed by atoms with Gasteiger partial charge in [0.25, 0.3) is 0 Å². The van der Waals surface area contributed by atoms with Crippen LogP contribution in [0.4, 0.5) is 0 Å². The average molecular weight is 278 g/mol. The summed E-state index contributed by atoms with van der Waals surface area (Å²) in [5.41, 5.74) is 1.45. The molecule has 0 radical (unpaired) electrons. The number of benzene rings is 3. The Labute approximate surface area is 120 Å². The van der Waals surface area contributed by atoms with E-state index in [0.29, 0.717) is 11.3 Å². The van der Waals surface area contributed by atoms with Gasteiger partial charge in [0.15, 0.2) is 0 Å². The van der Waals surface area contributed by atoms with E-state index in [-0.39, 0.29) is 0 Å². The van der Waals surface area contributed by atoms with Crippen LogP contribution in [-0.4, -0.2) is 17.4 Å². The molecule has 0 aliphatic rings. The van der Waals surface area contributed by atoms with E-state index in [2.05, 4.69) is 12.1 Å². The maximum absolute atomic E-state index is 8.85. The van der Waals surface area contributed by atoms with Crippen LogP contribution in [0.15, 0.2) is 59.0 Å². The predicted octanol–water partition coefficient (Wildman–Crippen LogP) is 3.09. The molecule has 21 heavy (non-hydrogen) atoms. The van der Waals surface area contributed by atoms with Crippen LogP contribution in [-0.2, 0) is 0 Å². The molecule has 4 aromatic rings. The van der Waals surface area contributed by atoms with Crippen LogP contribution in [0, 0.1) is 0 Å². The van der Waals surface area contributed by atoms with E-state index in [1.54, 1.807) is 12.1 Å². The van der Waals surface area contributed by atoms with Gasteiger partial charge in [0, 0.05) is 16.8 Å². The van der Waals surface area contributed by atoms with Gasteiger partial charge in [0.1, 0.15) is 16.9 Å². The molecule has 2 N–H and O–H groups in total. The largest absolute Gasteiger partial charge is 0.707 e. The van der Waals surface area contributed by atoms with Gasteiger partial charge in [-0.15, -0.1) is 0 Å². The van der Waals surface area contributed by atoms with Crippen LogP contribution in [0.5, 0.6) is 5.75 Å². The van der Waals surface area contributed by atoms with E-state index in [0.717, 1.165) is 27.1 Å². The highest BCUT2D eigenvalue weighted by atomic mass is 16.6. The van der Waals surface area contributed by atoms with Gasteiger partial charge in [-0.25, -0.2) is 0 Å². The number of rotatable bonds is 2. The zero-order valence-corrected chi connectivity index (χ0v) is 11.0. The first-order valence-corrected chi connectivity index (χ1v) is 6.58. The molecule has 0 aliphatic heterocycles. The summed E-state index contributed by atoms with van der Waals surface area (Å²) in [4.78, 5) is 0. The number of furan rings is 1. The van der Waals surface area contributed by atoms with E-state index < -0.39 is 7.32 Å². The first kappa shape index (κ1) is 12.3. The standard InChI is InChI=1S/C16H11BO4/c18-17(19)21-12-5-6-13-14-7-10-3-1-2-4-11(10)8-15(14)20-16(13)9-12/h1-9,18-19H. The number of hydrogen-bond acceptors (Lipinski definition) is 4. The van der Waals surface area contributed by atoms with Crippen molar-refractivity contribution in [3.63, 3.8) is 0 Å². The highest BCUT2D eigenvalue weighted by Gasteiger charge is 2.14. The minimum absolute atomic E-state index is 0.348. The molecule has 1 aromatic heterocycles. The third-order valence-corrected chi connectivity index (χ3v) is 3.55.